The number of carbonyl (C=O) groups excluding carboxylic acids is 1. The third-order valence-corrected chi connectivity index (χ3v) is 9.10. The van der Waals surface area contributed by atoms with Gasteiger partial charge in [0.1, 0.15) is 30.2 Å². The molecule has 1 heterocycles. The summed E-state index contributed by atoms with van der Waals surface area (Å²) in [5.74, 6) is 0.384. The Hall–Kier alpha value is -0.730. The molecule has 268 valence electrons. The summed E-state index contributed by atoms with van der Waals surface area (Å²) in [7, 11) is 0. The van der Waals surface area contributed by atoms with Crippen LogP contribution >= 0.6 is 0 Å². The van der Waals surface area contributed by atoms with Gasteiger partial charge < -0.3 is 51.6 Å². The maximum atomic E-state index is 12.2. The van der Waals surface area contributed by atoms with Gasteiger partial charge in [-0.2, -0.15) is 0 Å². The van der Waals surface area contributed by atoms with E-state index >= 15 is 0 Å². The van der Waals surface area contributed by atoms with Gasteiger partial charge >= 0.3 is 0 Å². The lowest BCUT2D eigenvalue weighted by atomic mass is 9.98. The van der Waals surface area contributed by atoms with Crippen molar-refractivity contribution in [2.24, 2.45) is 11.5 Å². The first kappa shape index (κ1) is 42.3. The van der Waals surface area contributed by atoms with E-state index in [1.165, 1.54) is 44.9 Å². The summed E-state index contributed by atoms with van der Waals surface area (Å²) in [6.07, 6.45) is 13.7. The minimum atomic E-state index is -1.53. The standard InChI is InChI=1S/C34H68N2O9/c1-25(35)28(40)21-17-13-9-5-3-2-4-7-11-15-19-26(39)20-16-12-8-6-10-14-18-22-29(27(36)23-37)44-34-33(43)32(42)31(41)30(24-38)45-34/h25,27-34,37-38,40-43H,2-24,35-36H2,1H3/t25-,27+,28-,29-,30+,31+,32-,33+,34+/m1/s1. The second kappa shape index (κ2) is 26.3. The number of hydrogen-bond donors (Lipinski definition) is 8. The van der Waals surface area contributed by atoms with E-state index in [0.717, 1.165) is 70.6 Å². The lowest BCUT2D eigenvalue weighted by Crippen LogP contribution is -2.60. The van der Waals surface area contributed by atoms with E-state index in [2.05, 4.69) is 0 Å². The maximum Gasteiger partial charge on any atom is 0.187 e. The van der Waals surface area contributed by atoms with Crippen LogP contribution in [0, 0.1) is 0 Å². The Morgan fingerprint density at radius 3 is 1.58 bits per heavy atom. The van der Waals surface area contributed by atoms with E-state index in [4.69, 9.17) is 20.9 Å². The quantitative estimate of drug-likeness (QED) is 0.0553. The highest BCUT2D eigenvalue weighted by molar-refractivity contribution is 5.78. The smallest absolute Gasteiger partial charge is 0.187 e. The molecule has 0 aromatic heterocycles. The second-order valence-corrected chi connectivity index (χ2v) is 13.3. The summed E-state index contributed by atoms with van der Waals surface area (Å²) in [6, 6.07) is -0.837. The van der Waals surface area contributed by atoms with E-state index < -0.39 is 49.5 Å². The fourth-order valence-electron chi connectivity index (χ4n) is 5.88. The zero-order valence-corrected chi connectivity index (χ0v) is 28.0. The molecule has 0 bridgehead atoms. The minimum Gasteiger partial charge on any atom is -0.395 e. The number of aliphatic hydroxyl groups is 6. The second-order valence-electron chi connectivity index (χ2n) is 13.3. The van der Waals surface area contributed by atoms with Crippen molar-refractivity contribution in [3.63, 3.8) is 0 Å². The number of unbranched alkanes of at least 4 members (excludes halogenated alkanes) is 15. The Labute approximate surface area is 272 Å². The summed E-state index contributed by atoms with van der Waals surface area (Å²) >= 11 is 0. The molecule has 1 aliphatic heterocycles. The molecular formula is C34H68N2O9. The summed E-state index contributed by atoms with van der Waals surface area (Å²) in [4.78, 5) is 12.2. The lowest BCUT2D eigenvalue weighted by molar-refractivity contribution is -0.313. The monoisotopic (exact) mass is 648 g/mol. The topological polar surface area (TPSA) is 209 Å². The van der Waals surface area contributed by atoms with Crippen LogP contribution < -0.4 is 11.5 Å². The van der Waals surface area contributed by atoms with Crippen molar-refractivity contribution >= 4 is 5.78 Å². The van der Waals surface area contributed by atoms with Crippen LogP contribution in [0.5, 0.6) is 0 Å². The minimum absolute atomic E-state index is 0.137. The third-order valence-electron chi connectivity index (χ3n) is 9.10. The molecule has 1 fully saturated rings. The van der Waals surface area contributed by atoms with Crippen LogP contribution in [0.1, 0.15) is 142 Å². The highest BCUT2D eigenvalue weighted by Crippen LogP contribution is 2.25. The van der Waals surface area contributed by atoms with Crippen molar-refractivity contribution in [3.05, 3.63) is 0 Å². The van der Waals surface area contributed by atoms with Gasteiger partial charge in [0.2, 0.25) is 0 Å². The van der Waals surface area contributed by atoms with Crippen molar-refractivity contribution in [3.8, 4) is 0 Å². The Morgan fingerprint density at radius 2 is 1.13 bits per heavy atom. The largest absolute Gasteiger partial charge is 0.395 e. The van der Waals surface area contributed by atoms with Gasteiger partial charge in [-0.25, -0.2) is 0 Å². The van der Waals surface area contributed by atoms with Gasteiger partial charge in [0.05, 0.1) is 31.5 Å². The SMILES string of the molecule is C[C@@H](N)[C@H](O)CCCCCCCCCCCCC(=O)CCCCCCCCC[C@@H](O[C@H]1O[C@@H](CO)[C@H](O)[C@@H](O)[C@@H]1O)[C@@H](N)CO. The molecule has 11 nitrogen and oxygen atoms in total. The van der Waals surface area contributed by atoms with Gasteiger partial charge in [-0.3, -0.25) is 4.79 Å². The molecule has 0 amide bonds. The molecular weight excluding hydrogens is 580 g/mol. The summed E-state index contributed by atoms with van der Waals surface area (Å²) < 4.78 is 11.2. The summed E-state index contributed by atoms with van der Waals surface area (Å²) in [6.45, 7) is 0.998. The Balaban J connectivity index is 2.00. The zero-order chi connectivity index (χ0) is 33.5. The first-order chi connectivity index (χ1) is 21.6. The molecule has 1 rings (SSSR count). The number of ketones is 1. The number of Topliss-reactive ketones (excluding diaryl/α,β-unsaturated/α-hetero) is 1. The zero-order valence-electron chi connectivity index (χ0n) is 28.0. The fourth-order valence-corrected chi connectivity index (χ4v) is 5.88. The van der Waals surface area contributed by atoms with Crippen LogP contribution in [0.2, 0.25) is 0 Å². The molecule has 0 unspecified atom stereocenters. The molecule has 0 aromatic rings. The maximum absolute atomic E-state index is 12.2. The number of ether oxygens (including phenoxy) is 2. The van der Waals surface area contributed by atoms with Crippen molar-refractivity contribution in [1.82, 2.24) is 0 Å². The number of hydrogen-bond acceptors (Lipinski definition) is 11. The molecule has 0 saturated carbocycles. The number of rotatable bonds is 29. The molecule has 9 atom stereocenters. The summed E-state index contributed by atoms with van der Waals surface area (Å²) in [5, 5.41) is 58.8. The number of aliphatic hydroxyl groups excluding tert-OH is 6. The Morgan fingerprint density at radius 1 is 0.689 bits per heavy atom. The Bertz CT molecular complexity index is 715. The first-order valence-electron chi connectivity index (χ1n) is 17.9. The van der Waals surface area contributed by atoms with Gasteiger partial charge in [-0.15, -0.1) is 0 Å². The third kappa shape index (κ3) is 19.0. The Kier molecular flexibility index (Phi) is 24.7. The van der Waals surface area contributed by atoms with Gasteiger partial charge in [-0.05, 0) is 32.6 Å². The van der Waals surface area contributed by atoms with Gasteiger partial charge in [0.25, 0.3) is 0 Å². The van der Waals surface area contributed by atoms with Crippen LogP contribution in [0.3, 0.4) is 0 Å². The van der Waals surface area contributed by atoms with Crippen LogP contribution in [-0.2, 0) is 14.3 Å². The highest BCUT2D eigenvalue weighted by atomic mass is 16.7. The lowest BCUT2D eigenvalue weighted by Gasteiger charge is -2.41. The van der Waals surface area contributed by atoms with Gasteiger partial charge in [0.15, 0.2) is 6.29 Å². The van der Waals surface area contributed by atoms with E-state index in [9.17, 15) is 35.4 Å². The normalized spacial score (nSPS) is 24.8. The van der Waals surface area contributed by atoms with Crippen molar-refractivity contribution in [1.29, 1.82) is 0 Å². The molecule has 0 aliphatic carbocycles. The average molecular weight is 649 g/mol. The van der Waals surface area contributed by atoms with E-state index in [-0.39, 0.29) is 18.8 Å². The highest BCUT2D eigenvalue weighted by Gasteiger charge is 2.45. The molecule has 1 saturated heterocycles. The summed E-state index contributed by atoms with van der Waals surface area (Å²) in [5.41, 5.74) is 11.7. The molecule has 0 spiro atoms. The predicted molar refractivity (Wildman–Crippen MR) is 175 cm³/mol. The van der Waals surface area contributed by atoms with Crippen molar-refractivity contribution < 1.29 is 44.9 Å². The van der Waals surface area contributed by atoms with Gasteiger partial charge in [0, 0.05) is 18.9 Å². The predicted octanol–water partition coefficient (Wildman–Crippen LogP) is 2.96. The van der Waals surface area contributed by atoms with E-state index in [0.29, 0.717) is 25.0 Å². The van der Waals surface area contributed by atoms with Crippen molar-refractivity contribution in [2.45, 2.75) is 197 Å². The molecule has 45 heavy (non-hydrogen) atoms. The van der Waals surface area contributed by atoms with E-state index in [1.807, 2.05) is 6.92 Å². The molecule has 10 N–H and O–H groups in total. The molecule has 0 aromatic carbocycles. The van der Waals surface area contributed by atoms with Gasteiger partial charge in [-0.1, -0.05) is 96.3 Å². The van der Waals surface area contributed by atoms with Crippen LogP contribution in [0.25, 0.3) is 0 Å². The van der Waals surface area contributed by atoms with Crippen LogP contribution in [0.15, 0.2) is 0 Å². The van der Waals surface area contributed by atoms with Crippen LogP contribution in [0.4, 0.5) is 0 Å². The molecule has 11 heteroatoms. The van der Waals surface area contributed by atoms with Crippen molar-refractivity contribution in [2.75, 3.05) is 13.2 Å². The fraction of sp³-hybridized carbons (Fsp3) is 0.971. The molecule has 1 aliphatic rings. The van der Waals surface area contributed by atoms with E-state index in [1.54, 1.807) is 0 Å². The average Bonchev–Trinajstić information content (AvgIpc) is 3.03. The number of carbonyl (C=O) groups is 1. The first-order valence-corrected chi connectivity index (χ1v) is 17.9. The molecule has 0 radical (unpaired) electrons. The number of nitrogens with two attached hydrogens (primary N) is 2. The van der Waals surface area contributed by atoms with Crippen LogP contribution in [-0.4, -0.2) is 105 Å².